The number of amides is 1. The minimum absolute atomic E-state index is 0.00623. The topological polar surface area (TPSA) is 117 Å². The summed E-state index contributed by atoms with van der Waals surface area (Å²) < 4.78 is 28.5. The van der Waals surface area contributed by atoms with Crippen molar-refractivity contribution >= 4 is 35.3 Å². The fraction of sp³-hybridized carbons (Fsp3) is 0.368. The minimum atomic E-state index is -0.931. The van der Waals surface area contributed by atoms with Crippen LogP contribution in [-0.4, -0.2) is 61.0 Å². The molecule has 1 saturated carbocycles. The standard InChI is InChI=1S/C38H39ClFN5O5/c1-38(2,3)50-37(48)25-14-12-24(13-15-25)22-32(46)36-28-10-7-11-33(49-26-8-5-4-6-9-26)27(28)20-21-44(36)34(47)19-16-29-31(45-23-41-42-43-45)18-17-30(39)35(29)40/h7,10-19,23,26,36H,4-6,8-9,20-22H2,1-3H3/b19-16+. The first-order valence-electron chi connectivity index (χ1n) is 16.8. The summed E-state index contributed by atoms with van der Waals surface area (Å²) in [6.45, 7) is 5.64. The Kier molecular flexibility index (Phi) is 10.4. The smallest absolute Gasteiger partial charge is 0.338 e. The van der Waals surface area contributed by atoms with E-state index in [0.717, 1.165) is 37.0 Å². The molecule has 50 heavy (non-hydrogen) atoms. The number of ether oxygens (including phenoxy) is 2. The molecule has 2 heterocycles. The van der Waals surface area contributed by atoms with Crippen LogP contribution < -0.4 is 4.74 Å². The van der Waals surface area contributed by atoms with E-state index in [1.165, 1.54) is 40.5 Å². The maximum atomic E-state index is 15.3. The summed E-state index contributed by atoms with van der Waals surface area (Å²) in [5.41, 5.74) is 2.33. The van der Waals surface area contributed by atoms with E-state index in [0.29, 0.717) is 23.1 Å². The zero-order valence-corrected chi connectivity index (χ0v) is 29.0. The monoisotopic (exact) mass is 699 g/mol. The van der Waals surface area contributed by atoms with Gasteiger partial charge in [0.2, 0.25) is 5.91 Å². The highest BCUT2D eigenvalue weighted by molar-refractivity contribution is 6.31. The minimum Gasteiger partial charge on any atom is -0.490 e. The van der Waals surface area contributed by atoms with Crippen LogP contribution in [0.1, 0.15) is 91.5 Å². The van der Waals surface area contributed by atoms with E-state index in [9.17, 15) is 14.4 Å². The largest absolute Gasteiger partial charge is 0.490 e. The molecule has 260 valence electrons. The van der Waals surface area contributed by atoms with Gasteiger partial charge in [0.25, 0.3) is 0 Å². The molecule has 0 radical (unpaired) electrons. The van der Waals surface area contributed by atoms with Crippen LogP contribution in [0.4, 0.5) is 4.39 Å². The highest BCUT2D eigenvalue weighted by Crippen LogP contribution is 2.38. The number of halogens is 2. The van der Waals surface area contributed by atoms with Crippen LogP contribution in [-0.2, 0) is 27.2 Å². The van der Waals surface area contributed by atoms with Gasteiger partial charge in [-0.05, 0) is 111 Å². The lowest BCUT2D eigenvalue weighted by Crippen LogP contribution is -2.43. The van der Waals surface area contributed by atoms with Crippen LogP contribution in [0.3, 0.4) is 0 Å². The molecule has 3 aromatic carbocycles. The second-order valence-electron chi connectivity index (χ2n) is 13.6. The van der Waals surface area contributed by atoms with Crippen molar-refractivity contribution < 1.29 is 28.2 Å². The zero-order valence-electron chi connectivity index (χ0n) is 28.3. The summed E-state index contributed by atoms with van der Waals surface area (Å²) in [6.07, 6.45) is 9.86. The van der Waals surface area contributed by atoms with Crippen molar-refractivity contribution in [1.82, 2.24) is 25.1 Å². The predicted molar refractivity (Wildman–Crippen MR) is 186 cm³/mol. The summed E-state index contributed by atoms with van der Waals surface area (Å²) >= 11 is 6.10. The third-order valence-corrected chi connectivity index (χ3v) is 9.17. The van der Waals surface area contributed by atoms with Crippen LogP contribution >= 0.6 is 11.6 Å². The Morgan fingerprint density at radius 3 is 2.48 bits per heavy atom. The third-order valence-electron chi connectivity index (χ3n) is 8.88. The van der Waals surface area contributed by atoms with Crippen molar-refractivity contribution in [1.29, 1.82) is 0 Å². The Hall–Kier alpha value is -4.90. The number of nitrogens with zero attached hydrogens (tertiary/aromatic N) is 5. The number of esters is 1. The molecule has 1 fully saturated rings. The van der Waals surface area contributed by atoms with Crippen molar-refractivity contribution in [3.05, 3.63) is 106 Å². The Labute approximate surface area is 295 Å². The van der Waals surface area contributed by atoms with Gasteiger partial charge >= 0.3 is 5.97 Å². The fourth-order valence-electron chi connectivity index (χ4n) is 6.52. The molecule has 1 aliphatic heterocycles. The molecule has 2 aliphatic rings. The lowest BCUT2D eigenvalue weighted by atomic mass is 9.87. The summed E-state index contributed by atoms with van der Waals surface area (Å²) in [6, 6.07) is 14.4. The van der Waals surface area contributed by atoms with Gasteiger partial charge < -0.3 is 14.4 Å². The Bertz CT molecular complexity index is 1900. The van der Waals surface area contributed by atoms with Gasteiger partial charge in [-0.1, -0.05) is 42.3 Å². The second-order valence-corrected chi connectivity index (χ2v) is 14.0. The van der Waals surface area contributed by atoms with Crippen molar-refractivity contribution in [2.75, 3.05) is 6.54 Å². The third kappa shape index (κ3) is 7.94. The van der Waals surface area contributed by atoms with Crippen molar-refractivity contribution in [2.45, 2.75) is 83.5 Å². The van der Waals surface area contributed by atoms with E-state index in [1.54, 1.807) is 51.1 Å². The summed E-state index contributed by atoms with van der Waals surface area (Å²) in [5.74, 6) is -1.14. The SMILES string of the molecule is CC(C)(C)OC(=O)c1ccc(CC(=O)C2c3cccc(OC4CCCCC4)c3CCN2C(=O)/C=C/c2c(-n3cnnn3)ccc(Cl)c2F)cc1. The van der Waals surface area contributed by atoms with Gasteiger partial charge in [-0.25, -0.2) is 9.18 Å². The van der Waals surface area contributed by atoms with Gasteiger partial charge in [0.1, 0.15) is 23.7 Å². The summed E-state index contributed by atoms with van der Waals surface area (Å²) in [5, 5.41) is 11.0. The molecule has 4 aromatic rings. The lowest BCUT2D eigenvalue weighted by molar-refractivity contribution is -0.136. The molecule has 0 N–H and O–H groups in total. The molecule has 12 heteroatoms. The average Bonchev–Trinajstić information content (AvgIpc) is 3.63. The van der Waals surface area contributed by atoms with E-state index in [-0.39, 0.29) is 41.1 Å². The number of benzene rings is 3. The summed E-state index contributed by atoms with van der Waals surface area (Å²) in [4.78, 5) is 42.3. The first kappa shape index (κ1) is 34.9. The molecular weight excluding hydrogens is 661 g/mol. The van der Waals surface area contributed by atoms with Gasteiger partial charge in [-0.15, -0.1) is 5.10 Å². The molecular formula is C38H39ClFN5O5. The Morgan fingerprint density at radius 1 is 1.02 bits per heavy atom. The first-order valence-corrected chi connectivity index (χ1v) is 17.2. The molecule has 6 rings (SSSR count). The van der Waals surface area contributed by atoms with Gasteiger partial charge in [-0.2, -0.15) is 4.68 Å². The van der Waals surface area contributed by atoms with Crippen molar-refractivity contribution in [3.63, 3.8) is 0 Å². The quantitative estimate of drug-likeness (QED) is 0.135. The molecule has 1 aromatic heterocycles. The van der Waals surface area contributed by atoms with Crippen LogP contribution in [0.15, 0.2) is 67.0 Å². The highest BCUT2D eigenvalue weighted by Gasteiger charge is 2.36. The first-order chi connectivity index (χ1) is 24.0. The van der Waals surface area contributed by atoms with E-state index in [1.807, 2.05) is 18.2 Å². The number of hydrogen-bond acceptors (Lipinski definition) is 8. The van der Waals surface area contributed by atoms with Crippen LogP contribution in [0.25, 0.3) is 11.8 Å². The van der Waals surface area contributed by atoms with Gasteiger partial charge in [-0.3, -0.25) is 9.59 Å². The van der Waals surface area contributed by atoms with Crippen LogP contribution in [0, 0.1) is 5.82 Å². The fourth-order valence-corrected chi connectivity index (χ4v) is 6.69. The molecule has 1 unspecified atom stereocenters. The maximum Gasteiger partial charge on any atom is 0.338 e. The molecule has 0 spiro atoms. The summed E-state index contributed by atoms with van der Waals surface area (Å²) in [7, 11) is 0. The van der Waals surface area contributed by atoms with Crippen molar-refractivity contribution in [2.24, 2.45) is 0 Å². The normalized spacial score (nSPS) is 16.7. The number of Topliss-reactive ketones (excluding diaryl/α,β-unsaturated/α-hetero) is 1. The number of ketones is 1. The Balaban J connectivity index is 1.31. The van der Waals surface area contributed by atoms with E-state index in [2.05, 4.69) is 15.5 Å². The molecule has 0 saturated heterocycles. The molecule has 1 amide bonds. The number of tetrazole rings is 1. The number of carbonyl (C=O) groups is 3. The molecule has 0 bridgehead atoms. The second kappa shape index (κ2) is 14.9. The number of aromatic nitrogens is 4. The lowest BCUT2D eigenvalue weighted by Gasteiger charge is -2.37. The van der Waals surface area contributed by atoms with E-state index in [4.69, 9.17) is 21.1 Å². The number of fused-ring (bicyclic) bond motifs is 1. The zero-order chi connectivity index (χ0) is 35.4. The van der Waals surface area contributed by atoms with E-state index >= 15 is 4.39 Å². The Morgan fingerprint density at radius 2 is 1.78 bits per heavy atom. The van der Waals surface area contributed by atoms with Crippen LogP contribution in [0.5, 0.6) is 5.75 Å². The average molecular weight is 700 g/mol. The molecule has 10 nitrogen and oxygen atoms in total. The highest BCUT2D eigenvalue weighted by atomic mass is 35.5. The molecule has 1 atom stereocenters. The van der Waals surface area contributed by atoms with Gasteiger partial charge in [0.05, 0.1) is 22.4 Å². The number of carbonyl (C=O) groups excluding carboxylic acids is 3. The van der Waals surface area contributed by atoms with Gasteiger partial charge in [0.15, 0.2) is 11.6 Å². The van der Waals surface area contributed by atoms with E-state index < -0.39 is 29.3 Å². The maximum absolute atomic E-state index is 15.3. The number of hydrogen-bond donors (Lipinski definition) is 0. The van der Waals surface area contributed by atoms with Crippen LogP contribution in [0.2, 0.25) is 5.02 Å². The predicted octanol–water partition coefficient (Wildman–Crippen LogP) is 7.07. The van der Waals surface area contributed by atoms with Crippen molar-refractivity contribution in [3.8, 4) is 11.4 Å². The number of rotatable bonds is 9. The van der Waals surface area contributed by atoms with Gasteiger partial charge in [0, 0.05) is 30.2 Å². The molecule has 1 aliphatic carbocycles.